The molecule has 3 nitrogen and oxygen atoms in total. The van der Waals surface area contributed by atoms with Gasteiger partial charge in [0.15, 0.2) is 0 Å². The van der Waals surface area contributed by atoms with E-state index >= 15 is 0 Å². The zero-order valence-corrected chi connectivity index (χ0v) is 9.41. The van der Waals surface area contributed by atoms with Crippen LogP contribution in [-0.2, 0) is 4.79 Å². The summed E-state index contributed by atoms with van der Waals surface area (Å²) in [4.78, 5) is 11.8. The number of thioether (sulfide) groups is 1. The van der Waals surface area contributed by atoms with Crippen molar-refractivity contribution in [3.8, 4) is 0 Å². The minimum atomic E-state index is -0.837. The van der Waals surface area contributed by atoms with E-state index in [9.17, 15) is 4.79 Å². The molecule has 0 aliphatic rings. The molecule has 0 amide bonds. The quantitative estimate of drug-likeness (QED) is 0.750. The molecular weight excluding hydrogens is 210 g/mol. The third-order valence-corrected chi connectivity index (χ3v) is 3.37. The molecule has 0 radical (unpaired) electrons. The third kappa shape index (κ3) is 3.93. The fourth-order valence-electron chi connectivity index (χ4n) is 1.04. The maximum absolute atomic E-state index is 10.7. The number of carboxylic acid groups (broad SMARTS) is 1. The molecule has 82 valence electrons. The Morgan fingerprint density at radius 3 is 2.60 bits per heavy atom. The Morgan fingerprint density at radius 1 is 1.47 bits per heavy atom. The lowest BCUT2D eigenvalue weighted by atomic mass is 10.1. The van der Waals surface area contributed by atoms with Gasteiger partial charge in [-0.25, -0.2) is 0 Å². The van der Waals surface area contributed by atoms with Gasteiger partial charge in [0.1, 0.15) is 0 Å². The van der Waals surface area contributed by atoms with Gasteiger partial charge >= 0.3 is 5.97 Å². The van der Waals surface area contributed by atoms with E-state index in [1.807, 2.05) is 30.3 Å². The lowest BCUT2D eigenvalue weighted by molar-refractivity contribution is -0.141. The van der Waals surface area contributed by atoms with Crippen molar-refractivity contribution < 1.29 is 9.90 Å². The Hall–Kier alpha value is -1.00. The molecule has 1 rings (SSSR count). The molecule has 4 heteroatoms. The highest BCUT2D eigenvalue weighted by atomic mass is 32.2. The van der Waals surface area contributed by atoms with Crippen LogP contribution in [-0.4, -0.2) is 22.9 Å². The highest BCUT2D eigenvalue weighted by Crippen LogP contribution is 2.19. The number of hydrogen-bond acceptors (Lipinski definition) is 3. The van der Waals surface area contributed by atoms with Crippen LogP contribution >= 0.6 is 11.8 Å². The van der Waals surface area contributed by atoms with Crippen molar-refractivity contribution in [2.75, 3.05) is 5.75 Å². The summed E-state index contributed by atoms with van der Waals surface area (Å²) in [6.07, 6.45) is 0. The van der Waals surface area contributed by atoms with Gasteiger partial charge in [0.25, 0.3) is 0 Å². The average molecular weight is 225 g/mol. The summed E-state index contributed by atoms with van der Waals surface area (Å²) in [6, 6.07) is 9.52. The first-order valence-corrected chi connectivity index (χ1v) is 5.76. The number of carboxylic acids is 1. The zero-order valence-electron chi connectivity index (χ0n) is 8.59. The SMILES string of the molecule is C[C@@H](C(=O)O)[C@H](N)CSc1ccccc1. The van der Waals surface area contributed by atoms with Gasteiger partial charge in [0.2, 0.25) is 0 Å². The number of aliphatic carboxylic acids is 1. The van der Waals surface area contributed by atoms with E-state index in [0.717, 1.165) is 4.90 Å². The number of nitrogens with two attached hydrogens (primary N) is 1. The van der Waals surface area contributed by atoms with Crippen LogP contribution in [0.1, 0.15) is 6.92 Å². The fourth-order valence-corrected chi connectivity index (χ4v) is 2.06. The maximum Gasteiger partial charge on any atom is 0.307 e. The Balaban J connectivity index is 2.41. The van der Waals surface area contributed by atoms with Gasteiger partial charge in [-0.2, -0.15) is 0 Å². The van der Waals surface area contributed by atoms with Crippen molar-refractivity contribution in [3.05, 3.63) is 30.3 Å². The van der Waals surface area contributed by atoms with Crippen molar-refractivity contribution in [3.63, 3.8) is 0 Å². The number of carbonyl (C=O) groups is 1. The molecule has 1 aromatic rings. The number of rotatable bonds is 5. The van der Waals surface area contributed by atoms with Crippen LogP contribution in [0.25, 0.3) is 0 Å². The van der Waals surface area contributed by atoms with E-state index < -0.39 is 11.9 Å². The van der Waals surface area contributed by atoms with Crippen molar-refractivity contribution in [1.82, 2.24) is 0 Å². The Labute approximate surface area is 93.7 Å². The molecule has 0 fully saturated rings. The molecule has 3 N–H and O–H groups in total. The van der Waals surface area contributed by atoms with Crippen molar-refractivity contribution in [2.24, 2.45) is 11.7 Å². The average Bonchev–Trinajstić information content (AvgIpc) is 2.26. The van der Waals surface area contributed by atoms with Crippen LogP contribution in [0.5, 0.6) is 0 Å². The predicted octanol–water partition coefficient (Wildman–Crippen LogP) is 1.83. The first-order valence-electron chi connectivity index (χ1n) is 4.77. The molecule has 15 heavy (non-hydrogen) atoms. The van der Waals surface area contributed by atoms with E-state index in [1.165, 1.54) is 0 Å². The van der Waals surface area contributed by atoms with E-state index in [-0.39, 0.29) is 6.04 Å². The van der Waals surface area contributed by atoms with Gasteiger partial charge < -0.3 is 10.8 Å². The second kappa shape index (κ2) is 5.78. The number of hydrogen-bond donors (Lipinski definition) is 2. The second-order valence-electron chi connectivity index (χ2n) is 3.41. The minimum absolute atomic E-state index is 0.312. The highest BCUT2D eigenvalue weighted by molar-refractivity contribution is 7.99. The summed E-state index contributed by atoms with van der Waals surface area (Å²) in [5.74, 6) is -0.713. The summed E-state index contributed by atoms with van der Waals surface area (Å²) >= 11 is 1.59. The maximum atomic E-state index is 10.7. The van der Waals surface area contributed by atoms with Gasteiger partial charge in [-0.1, -0.05) is 25.1 Å². The van der Waals surface area contributed by atoms with E-state index in [4.69, 9.17) is 10.8 Å². The van der Waals surface area contributed by atoms with Gasteiger partial charge in [-0.15, -0.1) is 11.8 Å². The third-order valence-electron chi connectivity index (χ3n) is 2.22. The van der Waals surface area contributed by atoms with E-state index in [1.54, 1.807) is 18.7 Å². The van der Waals surface area contributed by atoms with E-state index in [0.29, 0.717) is 5.75 Å². The summed E-state index contributed by atoms with van der Waals surface area (Å²) in [5.41, 5.74) is 5.76. The summed E-state index contributed by atoms with van der Waals surface area (Å²) < 4.78 is 0. The molecule has 0 aliphatic carbocycles. The van der Waals surface area contributed by atoms with Gasteiger partial charge in [-0.05, 0) is 12.1 Å². The van der Waals surface area contributed by atoms with Crippen molar-refractivity contribution in [2.45, 2.75) is 17.9 Å². The zero-order chi connectivity index (χ0) is 11.3. The van der Waals surface area contributed by atoms with Crippen LogP contribution in [0.3, 0.4) is 0 Å². The standard InChI is InChI=1S/C11H15NO2S/c1-8(11(13)14)10(12)7-15-9-5-3-2-4-6-9/h2-6,8,10H,7,12H2,1H3,(H,13,14)/t8-,10-/m1/s1. The first kappa shape index (κ1) is 12.1. The van der Waals surface area contributed by atoms with Crippen LogP contribution in [0, 0.1) is 5.92 Å². The van der Waals surface area contributed by atoms with Gasteiger partial charge in [0, 0.05) is 16.7 Å². The Morgan fingerprint density at radius 2 is 2.07 bits per heavy atom. The molecule has 0 aliphatic heterocycles. The fraction of sp³-hybridized carbons (Fsp3) is 0.364. The van der Waals surface area contributed by atoms with Gasteiger partial charge in [-0.3, -0.25) is 4.79 Å². The van der Waals surface area contributed by atoms with Crippen LogP contribution in [0.2, 0.25) is 0 Å². The van der Waals surface area contributed by atoms with Crippen LogP contribution in [0.4, 0.5) is 0 Å². The largest absolute Gasteiger partial charge is 0.481 e. The van der Waals surface area contributed by atoms with Crippen molar-refractivity contribution in [1.29, 1.82) is 0 Å². The monoisotopic (exact) mass is 225 g/mol. The Bertz CT molecular complexity index is 316. The molecule has 0 saturated carbocycles. The van der Waals surface area contributed by atoms with Crippen LogP contribution < -0.4 is 5.73 Å². The van der Waals surface area contributed by atoms with Crippen LogP contribution in [0.15, 0.2) is 35.2 Å². The summed E-state index contributed by atoms with van der Waals surface area (Å²) in [6.45, 7) is 1.64. The molecule has 0 unspecified atom stereocenters. The smallest absolute Gasteiger partial charge is 0.307 e. The molecular formula is C11H15NO2S. The molecule has 2 atom stereocenters. The van der Waals surface area contributed by atoms with Crippen molar-refractivity contribution >= 4 is 17.7 Å². The first-order chi connectivity index (χ1) is 7.11. The summed E-state index contributed by atoms with van der Waals surface area (Å²) in [5, 5.41) is 8.76. The predicted molar refractivity (Wildman–Crippen MR) is 61.9 cm³/mol. The highest BCUT2D eigenvalue weighted by Gasteiger charge is 2.19. The summed E-state index contributed by atoms with van der Waals surface area (Å²) in [7, 11) is 0. The minimum Gasteiger partial charge on any atom is -0.481 e. The molecule has 0 heterocycles. The molecule has 0 aromatic heterocycles. The molecule has 0 spiro atoms. The topological polar surface area (TPSA) is 63.3 Å². The Kier molecular flexibility index (Phi) is 4.65. The number of benzene rings is 1. The molecule has 0 bridgehead atoms. The van der Waals surface area contributed by atoms with E-state index in [2.05, 4.69) is 0 Å². The van der Waals surface area contributed by atoms with Gasteiger partial charge in [0.05, 0.1) is 5.92 Å². The molecule has 0 saturated heterocycles. The normalized spacial score (nSPS) is 14.5. The second-order valence-corrected chi connectivity index (χ2v) is 4.51. The molecule has 1 aromatic carbocycles. The lowest BCUT2D eigenvalue weighted by Crippen LogP contribution is -2.35. The lowest BCUT2D eigenvalue weighted by Gasteiger charge is -2.15.